The van der Waals surface area contributed by atoms with Crippen LogP contribution in [0.3, 0.4) is 0 Å². The van der Waals surface area contributed by atoms with Gasteiger partial charge in [-0.05, 0) is 85.0 Å². The maximum atomic E-state index is 15.0. The third-order valence-electron chi connectivity index (χ3n) is 12.5. The Hall–Kier alpha value is -7.32. The van der Waals surface area contributed by atoms with E-state index in [4.69, 9.17) is 38.3 Å². The van der Waals surface area contributed by atoms with Crippen LogP contribution in [0.4, 0.5) is 5.69 Å². The van der Waals surface area contributed by atoms with Gasteiger partial charge in [0, 0.05) is 72.9 Å². The molecule has 9 N–H and O–H groups in total. The molecule has 5 atom stereocenters. The minimum absolute atomic E-state index is 0.110. The van der Waals surface area contributed by atoms with Gasteiger partial charge in [-0.1, -0.05) is 73.5 Å². The molecule has 4 bridgehead atoms. The number of nitrogens with one attached hydrogen (secondary N) is 3. The van der Waals surface area contributed by atoms with Crippen LogP contribution in [-0.2, 0) is 25.6 Å². The summed E-state index contributed by atoms with van der Waals surface area (Å²) in [5, 5.41) is 23.4. The zero-order chi connectivity index (χ0) is 52.1. The van der Waals surface area contributed by atoms with Crippen LogP contribution in [0.2, 0.25) is 5.02 Å². The molecule has 380 valence electrons. The molecule has 1 aliphatic rings. The number of unbranched alkanes of at least 4 members (excludes halogenated alkanes) is 1. The molecule has 3 amide bonds. The van der Waals surface area contributed by atoms with E-state index >= 15 is 0 Å². The molecular weight excluding hydrogens is 946 g/mol. The van der Waals surface area contributed by atoms with Gasteiger partial charge in [0.1, 0.15) is 43.0 Å². The van der Waals surface area contributed by atoms with Gasteiger partial charge in [-0.25, -0.2) is 0 Å². The summed E-state index contributed by atoms with van der Waals surface area (Å²) in [6.07, 6.45) is 1.63. The summed E-state index contributed by atoms with van der Waals surface area (Å²) >= 11 is 6.09. The fourth-order valence-corrected chi connectivity index (χ4v) is 8.74. The first kappa shape index (κ1) is 54.0. The fourth-order valence-electron chi connectivity index (χ4n) is 8.61. The van der Waals surface area contributed by atoms with Gasteiger partial charge < -0.3 is 42.2 Å². The lowest BCUT2D eigenvalue weighted by atomic mass is 9.88. The highest BCUT2D eigenvalue weighted by Crippen LogP contribution is 2.41. The van der Waals surface area contributed by atoms with E-state index in [9.17, 15) is 38.9 Å². The molecule has 6 rings (SSSR count). The summed E-state index contributed by atoms with van der Waals surface area (Å²) in [6, 6.07) is 20.6. The number of nitrogens with zero attached hydrogens (tertiary/aromatic N) is 3. The van der Waals surface area contributed by atoms with Crippen LogP contribution in [0.1, 0.15) is 84.0 Å². The van der Waals surface area contributed by atoms with Crippen molar-refractivity contribution in [3.63, 3.8) is 0 Å². The number of halogens is 1. The van der Waals surface area contributed by atoms with Gasteiger partial charge in [0.25, 0.3) is 0 Å². The summed E-state index contributed by atoms with van der Waals surface area (Å²) < 4.78 is 12.3. The Morgan fingerprint density at radius 3 is 2.12 bits per heavy atom. The Labute approximate surface area is 421 Å². The van der Waals surface area contributed by atoms with Crippen LogP contribution in [0.15, 0.2) is 91.1 Å². The third-order valence-corrected chi connectivity index (χ3v) is 12.7. The molecule has 0 saturated heterocycles. The van der Waals surface area contributed by atoms with Crippen LogP contribution >= 0.6 is 11.6 Å². The zero-order valence-electron chi connectivity index (χ0n) is 40.4. The summed E-state index contributed by atoms with van der Waals surface area (Å²) in [4.78, 5) is 97.6. The number of nitrogens with two attached hydrogens (primary N) is 3. The average Bonchev–Trinajstić information content (AvgIpc) is 3.88. The van der Waals surface area contributed by atoms with Crippen LogP contribution in [0, 0.1) is 22.0 Å². The van der Waals surface area contributed by atoms with Crippen molar-refractivity contribution >= 4 is 52.4 Å². The van der Waals surface area contributed by atoms with E-state index in [1.807, 2.05) is 24.3 Å². The molecule has 72 heavy (non-hydrogen) atoms. The van der Waals surface area contributed by atoms with Crippen LogP contribution < -0.4 is 37.3 Å². The van der Waals surface area contributed by atoms with Crippen LogP contribution in [0.25, 0.3) is 22.3 Å². The number of carbonyl (C=O) groups is 6. The van der Waals surface area contributed by atoms with E-state index in [1.54, 1.807) is 60.7 Å². The topological polar surface area (TPSA) is 298 Å². The van der Waals surface area contributed by atoms with E-state index in [0.717, 1.165) is 17.3 Å². The highest BCUT2D eigenvalue weighted by Gasteiger charge is 2.37. The molecule has 0 unspecified atom stereocenters. The molecule has 4 aromatic carbocycles. The number of H-pyrrole nitrogens is 1. The molecule has 2 heterocycles. The Balaban J connectivity index is 1.39. The minimum Gasteiger partial charge on any atom is -0.492 e. The van der Waals surface area contributed by atoms with Crippen molar-refractivity contribution in [2.75, 3.05) is 39.9 Å². The number of aromatic amines is 1. The SMILES string of the molecule is C[C@@H]1CC(=O)[C@@H](N(C)C(=O)[C@H](CCCCN)CC(=O)c2ccc(-c3ccc(Cl)cc3)cc2)c2ccc(OCCN)c(c2)-c2cc(ccc2OCCN)C[C@@H](C(=O)N[C@@H](C)C(=O)c2[nH]ncc2[N+](=O)[O-])NC1=O. The quantitative estimate of drug-likeness (QED) is 0.0228. The normalized spacial score (nSPS) is 16.6. The third kappa shape index (κ3) is 13.3. The molecule has 19 nitrogen and oxygen atoms in total. The monoisotopic (exact) mass is 1010 g/mol. The van der Waals surface area contributed by atoms with E-state index in [0.29, 0.717) is 70.1 Å². The number of rotatable bonds is 21. The minimum atomic E-state index is -1.34. The molecule has 1 aromatic heterocycles. The molecule has 0 spiro atoms. The lowest BCUT2D eigenvalue weighted by Crippen LogP contribution is -2.53. The highest BCUT2D eigenvalue weighted by atomic mass is 35.5. The number of hydrogen-bond acceptors (Lipinski definition) is 14. The van der Waals surface area contributed by atoms with Crippen LogP contribution in [0.5, 0.6) is 11.5 Å². The van der Waals surface area contributed by atoms with Crippen molar-refractivity contribution in [2.45, 2.75) is 70.5 Å². The van der Waals surface area contributed by atoms with Crippen molar-refractivity contribution in [1.29, 1.82) is 0 Å². The predicted molar refractivity (Wildman–Crippen MR) is 270 cm³/mol. The van der Waals surface area contributed by atoms with Gasteiger partial charge >= 0.3 is 5.69 Å². The van der Waals surface area contributed by atoms with E-state index in [1.165, 1.54) is 25.8 Å². The zero-order valence-corrected chi connectivity index (χ0v) is 41.1. The predicted octanol–water partition coefficient (Wildman–Crippen LogP) is 5.52. The first-order valence-corrected chi connectivity index (χ1v) is 24.1. The summed E-state index contributed by atoms with van der Waals surface area (Å²) in [5.74, 6) is -4.78. The molecule has 1 aliphatic heterocycles. The Kier molecular flexibility index (Phi) is 18.9. The van der Waals surface area contributed by atoms with Gasteiger partial charge in [0.15, 0.2) is 17.3 Å². The Morgan fingerprint density at radius 1 is 0.875 bits per heavy atom. The van der Waals surface area contributed by atoms with Crippen molar-refractivity contribution in [2.24, 2.45) is 29.0 Å². The molecule has 20 heteroatoms. The fraction of sp³-hybridized carbons (Fsp3) is 0.365. The highest BCUT2D eigenvalue weighted by molar-refractivity contribution is 6.30. The molecule has 0 fully saturated rings. The van der Waals surface area contributed by atoms with Crippen molar-refractivity contribution in [3.05, 3.63) is 129 Å². The number of aromatic nitrogens is 2. The van der Waals surface area contributed by atoms with Crippen LogP contribution in [-0.4, -0.2) is 107 Å². The average molecular weight is 1010 g/mol. The smallest absolute Gasteiger partial charge is 0.317 e. The first-order chi connectivity index (χ1) is 34.5. The summed E-state index contributed by atoms with van der Waals surface area (Å²) in [5.41, 5.74) is 20.6. The summed E-state index contributed by atoms with van der Waals surface area (Å²) in [6.45, 7) is 3.77. The van der Waals surface area contributed by atoms with Crippen molar-refractivity contribution < 1.29 is 43.2 Å². The number of ketones is 3. The van der Waals surface area contributed by atoms with Crippen molar-refractivity contribution in [1.82, 2.24) is 25.7 Å². The molecule has 0 aliphatic carbocycles. The standard InChI is InChI=1S/C52H60ClN9O10/c1-30-24-44(64)48(61(3)52(68)37(6-4-5-19-54)28-43(63)35-10-8-33(9-11-35)34-12-15-38(53)16-13-34)36-14-18-46(72-23-21-56)40(27-36)39-25-32(7-17-45(39)71-22-20-55)26-41(59-50(30)66)51(67)58-31(2)49(65)47-42(62(69)70)29-57-60-47/h7-18,25,27,29-31,37,41,48H,4-6,19-24,26,28,54-56H2,1-3H3,(H,57,60)(H,58,67)(H,59,66)/t30-,31+,37-,41+,48+/m1/s1. The molecular formula is C52H60ClN9O10. The number of carbonyl (C=O) groups excluding carboxylic acids is 6. The number of likely N-dealkylation sites (N-methyl/N-ethyl adjacent to an activating group) is 1. The van der Waals surface area contributed by atoms with Gasteiger partial charge in [0.2, 0.25) is 23.5 Å². The number of nitro groups is 1. The Bertz CT molecular complexity index is 2770. The largest absolute Gasteiger partial charge is 0.492 e. The molecule has 5 aromatic rings. The lowest BCUT2D eigenvalue weighted by molar-refractivity contribution is -0.385. The number of Topliss-reactive ketones (excluding diaryl/α,β-unsaturated/α-hetero) is 3. The summed E-state index contributed by atoms with van der Waals surface area (Å²) in [7, 11) is 1.50. The lowest BCUT2D eigenvalue weighted by Gasteiger charge is -2.32. The van der Waals surface area contributed by atoms with Crippen molar-refractivity contribution in [3.8, 4) is 33.8 Å². The Morgan fingerprint density at radius 2 is 1.50 bits per heavy atom. The second-order valence-electron chi connectivity index (χ2n) is 17.7. The molecule has 0 saturated carbocycles. The maximum absolute atomic E-state index is 15.0. The second-order valence-corrected chi connectivity index (χ2v) is 18.2. The van der Waals surface area contributed by atoms with Gasteiger partial charge in [-0.3, -0.25) is 44.0 Å². The maximum Gasteiger partial charge on any atom is 0.317 e. The van der Waals surface area contributed by atoms with Gasteiger partial charge in [-0.15, -0.1) is 0 Å². The number of benzene rings is 4. The van der Waals surface area contributed by atoms with Gasteiger partial charge in [-0.2, -0.15) is 5.10 Å². The van der Waals surface area contributed by atoms with E-state index < -0.39 is 82.0 Å². The number of ether oxygens (including phenoxy) is 2. The molecule has 0 radical (unpaired) electrons. The number of hydrogen-bond donors (Lipinski definition) is 6. The second kappa shape index (κ2) is 25.2. The number of amides is 3. The van der Waals surface area contributed by atoms with E-state index in [-0.39, 0.29) is 44.9 Å². The van der Waals surface area contributed by atoms with E-state index in [2.05, 4.69) is 20.8 Å². The number of fused-ring (bicyclic) bond motifs is 5. The van der Waals surface area contributed by atoms with Gasteiger partial charge in [0.05, 0.1) is 11.0 Å². The first-order valence-electron chi connectivity index (χ1n) is 23.7.